The standard InChI is InChI=1S/C21H26N4O3S2/c1-27-28-30-16-8-7-15-13-25(19(22)17(15)12-16)18(11-14-5-3-2-4-6-14)20(26)24-21-23-9-10-29-21/h7-10,12,14,18,22H,2-6,11,13H2,1H3,(H,23,24,26). The summed E-state index contributed by atoms with van der Waals surface area (Å²) in [6, 6.07) is 5.49. The lowest BCUT2D eigenvalue weighted by atomic mass is 9.84. The lowest BCUT2D eigenvalue weighted by Crippen LogP contribution is -2.45. The van der Waals surface area contributed by atoms with Gasteiger partial charge in [-0.3, -0.25) is 10.2 Å². The number of carbonyl (C=O) groups is 1. The number of anilines is 1. The van der Waals surface area contributed by atoms with E-state index in [4.69, 9.17) is 9.74 Å². The number of hydrogen-bond acceptors (Lipinski definition) is 7. The molecule has 1 aromatic carbocycles. The second-order valence-electron chi connectivity index (χ2n) is 7.70. The molecular weight excluding hydrogens is 420 g/mol. The Hall–Kier alpha value is -1.94. The maximum Gasteiger partial charge on any atom is 0.248 e. The van der Waals surface area contributed by atoms with Crippen molar-refractivity contribution in [3.63, 3.8) is 0 Å². The van der Waals surface area contributed by atoms with Crippen molar-refractivity contribution in [1.82, 2.24) is 9.88 Å². The number of amides is 1. The van der Waals surface area contributed by atoms with Crippen molar-refractivity contribution in [2.24, 2.45) is 5.92 Å². The molecule has 2 N–H and O–H groups in total. The maximum absolute atomic E-state index is 13.3. The van der Waals surface area contributed by atoms with E-state index in [2.05, 4.69) is 15.2 Å². The van der Waals surface area contributed by atoms with E-state index in [1.807, 2.05) is 28.5 Å². The monoisotopic (exact) mass is 446 g/mol. The predicted molar refractivity (Wildman–Crippen MR) is 118 cm³/mol. The Kier molecular flexibility index (Phi) is 7.04. The van der Waals surface area contributed by atoms with Gasteiger partial charge in [0.15, 0.2) is 5.13 Å². The second-order valence-corrected chi connectivity index (χ2v) is 9.36. The van der Waals surface area contributed by atoms with Gasteiger partial charge in [0.2, 0.25) is 5.91 Å². The summed E-state index contributed by atoms with van der Waals surface area (Å²) in [5.41, 5.74) is 1.90. The average Bonchev–Trinajstić information content (AvgIpc) is 3.39. The summed E-state index contributed by atoms with van der Waals surface area (Å²) in [7, 11) is 1.46. The molecule has 1 aromatic heterocycles. The number of carbonyl (C=O) groups excluding carboxylic acids is 1. The van der Waals surface area contributed by atoms with Crippen LogP contribution in [-0.2, 0) is 20.6 Å². The zero-order chi connectivity index (χ0) is 20.9. The summed E-state index contributed by atoms with van der Waals surface area (Å²) in [5.74, 6) is 0.828. The Morgan fingerprint density at radius 3 is 2.97 bits per heavy atom. The van der Waals surface area contributed by atoms with Crippen LogP contribution in [0.3, 0.4) is 0 Å². The van der Waals surface area contributed by atoms with Gasteiger partial charge in [0.25, 0.3) is 0 Å². The summed E-state index contributed by atoms with van der Waals surface area (Å²) in [5, 5.41) is 14.2. The molecule has 30 heavy (non-hydrogen) atoms. The van der Waals surface area contributed by atoms with Gasteiger partial charge >= 0.3 is 0 Å². The fraction of sp³-hybridized carbons (Fsp3) is 0.476. The van der Waals surface area contributed by atoms with Crippen molar-refractivity contribution in [2.75, 3.05) is 12.4 Å². The molecule has 1 aliphatic heterocycles. The van der Waals surface area contributed by atoms with Gasteiger partial charge < -0.3 is 10.2 Å². The maximum atomic E-state index is 13.3. The minimum atomic E-state index is -0.386. The molecule has 0 spiro atoms. The highest BCUT2D eigenvalue weighted by molar-refractivity contribution is 7.94. The smallest absolute Gasteiger partial charge is 0.248 e. The fourth-order valence-corrected chi connectivity index (χ4v) is 5.28. The topological polar surface area (TPSA) is 87.5 Å². The molecule has 9 heteroatoms. The van der Waals surface area contributed by atoms with Crippen LogP contribution in [0.1, 0.15) is 49.7 Å². The first-order chi connectivity index (χ1) is 14.7. The molecule has 1 unspecified atom stereocenters. The fourth-order valence-electron chi connectivity index (χ4n) is 4.31. The van der Waals surface area contributed by atoms with Gasteiger partial charge in [-0.2, -0.15) is 4.33 Å². The minimum Gasteiger partial charge on any atom is -0.340 e. The molecule has 7 nitrogen and oxygen atoms in total. The van der Waals surface area contributed by atoms with Crippen molar-refractivity contribution in [2.45, 2.75) is 56.0 Å². The van der Waals surface area contributed by atoms with E-state index in [0.717, 1.165) is 47.3 Å². The molecule has 1 aliphatic carbocycles. The highest BCUT2D eigenvalue weighted by atomic mass is 32.2. The second kappa shape index (κ2) is 9.91. The van der Waals surface area contributed by atoms with Crippen molar-refractivity contribution in [3.8, 4) is 0 Å². The zero-order valence-corrected chi connectivity index (χ0v) is 18.6. The van der Waals surface area contributed by atoms with Crippen LogP contribution >= 0.6 is 23.4 Å². The first-order valence-electron chi connectivity index (χ1n) is 10.2. The van der Waals surface area contributed by atoms with E-state index in [1.54, 1.807) is 6.20 Å². The summed E-state index contributed by atoms with van der Waals surface area (Å²) in [6.07, 6.45) is 8.50. The quantitative estimate of drug-likeness (QED) is 0.342. The van der Waals surface area contributed by atoms with Gasteiger partial charge in [0.1, 0.15) is 11.9 Å². The van der Waals surface area contributed by atoms with E-state index in [0.29, 0.717) is 23.4 Å². The van der Waals surface area contributed by atoms with Crippen molar-refractivity contribution in [3.05, 3.63) is 40.9 Å². The lowest BCUT2D eigenvalue weighted by Gasteiger charge is -2.32. The first kappa shape index (κ1) is 21.3. The number of hydrogen-bond donors (Lipinski definition) is 2. The van der Waals surface area contributed by atoms with Gasteiger partial charge in [-0.15, -0.1) is 11.3 Å². The third-order valence-corrected chi connectivity index (χ3v) is 7.12. The molecular formula is C21H26N4O3S2. The van der Waals surface area contributed by atoms with E-state index in [1.165, 1.54) is 37.7 Å². The molecule has 2 heterocycles. The zero-order valence-electron chi connectivity index (χ0n) is 16.9. The molecule has 1 fully saturated rings. The number of amidine groups is 1. The third-order valence-electron chi connectivity index (χ3n) is 5.79. The van der Waals surface area contributed by atoms with Crippen LogP contribution in [0.2, 0.25) is 0 Å². The summed E-state index contributed by atoms with van der Waals surface area (Å²) < 4.78 is 4.95. The Labute approximate surface area is 184 Å². The average molecular weight is 447 g/mol. The van der Waals surface area contributed by atoms with E-state index in [9.17, 15) is 4.79 Å². The molecule has 1 amide bonds. The van der Waals surface area contributed by atoms with E-state index >= 15 is 0 Å². The predicted octanol–water partition coefficient (Wildman–Crippen LogP) is 4.85. The van der Waals surface area contributed by atoms with Crippen LogP contribution in [0.25, 0.3) is 0 Å². The van der Waals surface area contributed by atoms with Gasteiger partial charge in [-0.05, 0) is 30.0 Å². The first-order valence-corrected chi connectivity index (χ1v) is 11.8. The Morgan fingerprint density at radius 1 is 1.40 bits per heavy atom. The van der Waals surface area contributed by atoms with Gasteiger partial charge in [0, 0.05) is 28.6 Å². The van der Waals surface area contributed by atoms with Crippen molar-refractivity contribution in [1.29, 1.82) is 5.41 Å². The summed E-state index contributed by atoms with van der Waals surface area (Å²) in [4.78, 5) is 24.9. The van der Waals surface area contributed by atoms with Crippen LogP contribution in [0, 0.1) is 11.3 Å². The van der Waals surface area contributed by atoms with Crippen LogP contribution < -0.4 is 5.32 Å². The van der Waals surface area contributed by atoms with Crippen LogP contribution in [0.4, 0.5) is 5.13 Å². The lowest BCUT2D eigenvalue weighted by molar-refractivity contribution is -0.160. The Balaban J connectivity index is 1.54. The van der Waals surface area contributed by atoms with Crippen LogP contribution in [0.5, 0.6) is 0 Å². The van der Waals surface area contributed by atoms with E-state index in [-0.39, 0.29) is 11.9 Å². The van der Waals surface area contributed by atoms with Gasteiger partial charge in [-0.25, -0.2) is 9.87 Å². The molecule has 1 saturated carbocycles. The molecule has 2 aliphatic rings. The highest BCUT2D eigenvalue weighted by Gasteiger charge is 2.36. The number of rotatable bonds is 8. The van der Waals surface area contributed by atoms with Crippen LogP contribution in [-0.4, -0.2) is 34.8 Å². The number of benzene rings is 1. The number of nitrogens with zero attached hydrogens (tertiary/aromatic N) is 2. The summed E-state index contributed by atoms with van der Waals surface area (Å²) in [6.45, 7) is 0.562. The molecule has 0 radical (unpaired) electrons. The number of thiazole rings is 1. The molecule has 0 saturated heterocycles. The minimum absolute atomic E-state index is 0.0783. The molecule has 4 rings (SSSR count). The molecule has 0 bridgehead atoms. The van der Waals surface area contributed by atoms with Gasteiger partial charge in [-0.1, -0.05) is 38.2 Å². The van der Waals surface area contributed by atoms with Crippen LogP contribution in [0.15, 0.2) is 34.7 Å². The molecule has 160 valence electrons. The SMILES string of the molecule is COOSc1ccc2c(c1)C(=N)N(C(CC1CCCCC1)C(=O)Nc1nccs1)C2. The Bertz CT molecular complexity index is 884. The number of nitrogens with one attached hydrogen (secondary N) is 2. The Morgan fingerprint density at radius 2 is 2.23 bits per heavy atom. The van der Waals surface area contributed by atoms with Crippen molar-refractivity contribution >= 4 is 40.3 Å². The molecule has 2 aromatic rings. The highest BCUT2D eigenvalue weighted by Crippen LogP contribution is 2.34. The normalized spacial score (nSPS) is 17.8. The van der Waals surface area contributed by atoms with Gasteiger partial charge in [0.05, 0.1) is 19.2 Å². The number of fused-ring (bicyclic) bond motifs is 1. The molecule has 1 atom stereocenters. The summed E-state index contributed by atoms with van der Waals surface area (Å²) >= 11 is 2.52. The van der Waals surface area contributed by atoms with E-state index < -0.39 is 0 Å². The largest absolute Gasteiger partial charge is 0.340 e. The number of aromatic nitrogens is 1. The van der Waals surface area contributed by atoms with Crippen molar-refractivity contribution < 1.29 is 14.0 Å². The third kappa shape index (κ3) is 4.85.